The fourth-order valence-corrected chi connectivity index (χ4v) is 3.83. The molecule has 3 aromatic rings. The number of piperidine rings is 1. The van der Waals surface area contributed by atoms with E-state index in [1.54, 1.807) is 0 Å². The molecular weight excluding hydrogens is 346 g/mol. The quantitative estimate of drug-likeness (QED) is 0.665. The van der Waals surface area contributed by atoms with E-state index in [2.05, 4.69) is 52.5 Å². The molecule has 0 amide bonds. The summed E-state index contributed by atoms with van der Waals surface area (Å²) in [5.41, 5.74) is 3.24. The van der Waals surface area contributed by atoms with Gasteiger partial charge in [0.1, 0.15) is 5.82 Å². The zero-order valence-corrected chi connectivity index (χ0v) is 16.4. The van der Waals surface area contributed by atoms with E-state index >= 15 is 0 Å². The van der Waals surface area contributed by atoms with Crippen molar-refractivity contribution in [1.29, 1.82) is 0 Å². The molecule has 1 aromatic carbocycles. The summed E-state index contributed by atoms with van der Waals surface area (Å²) in [6.07, 6.45) is 8.53. The lowest BCUT2D eigenvalue weighted by Gasteiger charge is -2.36. The smallest absolute Gasteiger partial charge is 0.225 e. The monoisotopic (exact) mass is 373 g/mol. The van der Waals surface area contributed by atoms with Gasteiger partial charge in [-0.25, -0.2) is 4.98 Å². The second kappa shape index (κ2) is 8.83. The van der Waals surface area contributed by atoms with Crippen LogP contribution in [0.3, 0.4) is 0 Å². The van der Waals surface area contributed by atoms with Crippen molar-refractivity contribution in [1.82, 2.24) is 15.0 Å². The van der Waals surface area contributed by atoms with E-state index in [9.17, 15) is 0 Å². The van der Waals surface area contributed by atoms with Crippen LogP contribution in [0, 0.1) is 0 Å². The van der Waals surface area contributed by atoms with Crippen molar-refractivity contribution in [3.63, 3.8) is 0 Å². The summed E-state index contributed by atoms with van der Waals surface area (Å²) in [6, 6.07) is 17.1. The number of aromatic nitrogens is 3. The van der Waals surface area contributed by atoms with Gasteiger partial charge in [-0.1, -0.05) is 37.3 Å². The van der Waals surface area contributed by atoms with E-state index < -0.39 is 0 Å². The average Bonchev–Trinajstić information content (AvgIpc) is 2.79. The van der Waals surface area contributed by atoms with Gasteiger partial charge in [0.05, 0.1) is 5.69 Å². The molecule has 1 N–H and O–H groups in total. The molecule has 144 valence electrons. The molecule has 4 rings (SSSR count). The zero-order chi connectivity index (χ0) is 19.2. The minimum atomic E-state index is 0.556. The molecule has 1 saturated heterocycles. The number of hydrogen-bond acceptors (Lipinski definition) is 5. The molecule has 1 unspecified atom stereocenters. The largest absolute Gasteiger partial charge is 0.353 e. The van der Waals surface area contributed by atoms with Crippen LogP contribution in [0.5, 0.6) is 0 Å². The summed E-state index contributed by atoms with van der Waals surface area (Å²) in [4.78, 5) is 16.2. The molecule has 1 aliphatic heterocycles. The van der Waals surface area contributed by atoms with Gasteiger partial charge in [0.25, 0.3) is 0 Å². The lowest BCUT2D eigenvalue weighted by Crippen LogP contribution is -2.39. The van der Waals surface area contributed by atoms with Crippen molar-refractivity contribution < 1.29 is 0 Å². The van der Waals surface area contributed by atoms with E-state index in [0.717, 1.165) is 35.6 Å². The topological polar surface area (TPSA) is 53.9 Å². The van der Waals surface area contributed by atoms with Crippen LogP contribution < -0.4 is 10.2 Å². The molecule has 2 aromatic heterocycles. The van der Waals surface area contributed by atoms with Gasteiger partial charge in [-0.05, 0) is 43.4 Å². The molecule has 0 aliphatic carbocycles. The number of nitrogens with one attached hydrogen (secondary N) is 1. The van der Waals surface area contributed by atoms with Gasteiger partial charge < -0.3 is 10.2 Å². The Morgan fingerprint density at radius 3 is 2.64 bits per heavy atom. The van der Waals surface area contributed by atoms with E-state index in [-0.39, 0.29) is 0 Å². The number of benzene rings is 1. The maximum absolute atomic E-state index is 4.88. The third kappa shape index (κ3) is 4.30. The fraction of sp³-hybridized carbons (Fsp3) is 0.348. The number of hydrogen-bond donors (Lipinski definition) is 1. The summed E-state index contributed by atoms with van der Waals surface area (Å²) in [5, 5.41) is 3.41. The second-order valence-electron chi connectivity index (χ2n) is 7.26. The SMILES string of the molecule is CCC1CCCCN1c1cc(-c2ccccc2)nc(NCc2ccncc2)n1. The van der Waals surface area contributed by atoms with Crippen molar-refractivity contribution in [2.24, 2.45) is 0 Å². The Hall–Kier alpha value is -2.95. The highest BCUT2D eigenvalue weighted by Gasteiger charge is 2.23. The minimum absolute atomic E-state index is 0.556. The standard InChI is InChI=1S/C23H27N5/c1-2-20-10-6-7-15-28(20)22-16-21(19-8-4-3-5-9-19)26-23(27-22)25-17-18-11-13-24-14-12-18/h3-5,8-9,11-14,16,20H,2,6-7,10,15,17H2,1H3,(H,25,26,27). The fourth-order valence-electron chi connectivity index (χ4n) is 3.83. The van der Waals surface area contributed by atoms with Crippen molar-refractivity contribution in [3.8, 4) is 11.3 Å². The Kier molecular flexibility index (Phi) is 5.80. The van der Waals surface area contributed by atoms with E-state index in [1.807, 2.05) is 30.6 Å². The van der Waals surface area contributed by atoms with Gasteiger partial charge in [-0.2, -0.15) is 4.98 Å². The predicted molar refractivity (Wildman–Crippen MR) is 114 cm³/mol. The first-order valence-electron chi connectivity index (χ1n) is 10.2. The predicted octanol–water partition coefficient (Wildman–Crippen LogP) is 4.92. The summed E-state index contributed by atoms with van der Waals surface area (Å²) in [5.74, 6) is 1.70. The van der Waals surface area contributed by atoms with Gasteiger partial charge in [0.15, 0.2) is 0 Å². The number of anilines is 2. The Balaban J connectivity index is 1.66. The third-order valence-electron chi connectivity index (χ3n) is 5.37. The van der Waals surface area contributed by atoms with Crippen LogP contribution in [0.25, 0.3) is 11.3 Å². The Morgan fingerprint density at radius 2 is 1.86 bits per heavy atom. The first kappa shape index (κ1) is 18.4. The number of rotatable bonds is 6. The molecule has 5 nitrogen and oxygen atoms in total. The van der Waals surface area contributed by atoms with Crippen LogP contribution in [0.1, 0.15) is 38.2 Å². The molecule has 3 heterocycles. The first-order chi connectivity index (χ1) is 13.8. The second-order valence-corrected chi connectivity index (χ2v) is 7.26. The van der Waals surface area contributed by atoms with E-state index in [0.29, 0.717) is 18.5 Å². The molecule has 0 radical (unpaired) electrons. The normalized spacial score (nSPS) is 16.8. The van der Waals surface area contributed by atoms with Crippen molar-refractivity contribution in [2.75, 3.05) is 16.8 Å². The van der Waals surface area contributed by atoms with Gasteiger partial charge in [0.2, 0.25) is 5.95 Å². The number of pyridine rings is 1. The van der Waals surface area contributed by atoms with Crippen molar-refractivity contribution >= 4 is 11.8 Å². The highest BCUT2D eigenvalue weighted by molar-refractivity contribution is 5.65. The molecule has 0 saturated carbocycles. The highest BCUT2D eigenvalue weighted by atomic mass is 15.2. The summed E-state index contributed by atoms with van der Waals surface area (Å²) in [6.45, 7) is 4.01. The van der Waals surface area contributed by atoms with Crippen molar-refractivity contribution in [2.45, 2.75) is 45.2 Å². The third-order valence-corrected chi connectivity index (χ3v) is 5.37. The summed E-state index contributed by atoms with van der Waals surface area (Å²) >= 11 is 0. The van der Waals surface area contributed by atoms with Gasteiger partial charge >= 0.3 is 0 Å². The molecule has 1 atom stereocenters. The van der Waals surface area contributed by atoms with Gasteiger partial charge in [-0.15, -0.1) is 0 Å². The number of nitrogens with zero attached hydrogens (tertiary/aromatic N) is 4. The summed E-state index contributed by atoms with van der Waals surface area (Å²) in [7, 11) is 0. The van der Waals surface area contributed by atoms with Crippen LogP contribution in [0.2, 0.25) is 0 Å². The van der Waals surface area contributed by atoms with Crippen LogP contribution in [-0.4, -0.2) is 27.5 Å². The molecule has 0 spiro atoms. The minimum Gasteiger partial charge on any atom is -0.353 e. The molecule has 1 fully saturated rings. The van der Waals surface area contributed by atoms with E-state index in [1.165, 1.54) is 19.3 Å². The molecular formula is C23H27N5. The van der Waals surface area contributed by atoms with Crippen molar-refractivity contribution in [3.05, 3.63) is 66.5 Å². The van der Waals surface area contributed by atoms with Crippen LogP contribution >= 0.6 is 0 Å². The first-order valence-corrected chi connectivity index (χ1v) is 10.2. The van der Waals surface area contributed by atoms with Crippen LogP contribution in [-0.2, 0) is 6.54 Å². The summed E-state index contributed by atoms with van der Waals surface area (Å²) < 4.78 is 0. The lowest BCUT2D eigenvalue weighted by atomic mass is 10.00. The van der Waals surface area contributed by atoms with Gasteiger partial charge in [-0.3, -0.25) is 4.98 Å². The van der Waals surface area contributed by atoms with E-state index in [4.69, 9.17) is 9.97 Å². The maximum atomic E-state index is 4.88. The maximum Gasteiger partial charge on any atom is 0.225 e. The van der Waals surface area contributed by atoms with Crippen LogP contribution in [0.4, 0.5) is 11.8 Å². The molecule has 5 heteroatoms. The average molecular weight is 374 g/mol. The lowest BCUT2D eigenvalue weighted by molar-refractivity contribution is 0.447. The highest BCUT2D eigenvalue weighted by Crippen LogP contribution is 2.29. The molecule has 0 bridgehead atoms. The zero-order valence-electron chi connectivity index (χ0n) is 16.4. The molecule has 28 heavy (non-hydrogen) atoms. The Labute approximate surface area is 166 Å². The van der Waals surface area contributed by atoms with Crippen LogP contribution in [0.15, 0.2) is 60.9 Å². The van der Waals surface area contributed by atoms with Gasteiger partial charge in [0, 0.05) is 43.2 Å². The molecule has 1 aliphatic rings. The Bertz CT molecular complexity index is 882. The Morgan fingerprint density at radius 1 is 1.04 bits per heavy atom.